The summed E-state index contributed by atoms with van der Waals surface area (Å²) in [4.78, 5) is 5.83. The van der Waals surface area contributed by atoms with Gasteiger partial charge in [-0.25, -0.2) is 4.98 Å². The Morgan fingerprint density at radius 1 is 1.46 bits per heavy atom. The molecule has 1 heterocycles. The molecule has 2 unspecified atom stereocenters. The molecule has 1 aromatic rings. The van der Waals surface area contributed by atoms with Crippen LogP contribution in [0.3, 0.4) is 0 Å². The summed E-state index contributed by atoms with van der Waals surface area (Å²) in [5.41, 5.74) is 7.12. The molecule has 1 aromatic heterocycles. The van der Waals surface area contributed by atoms with Crippen LogP contribution in [0.2, 0.25) is 0 Å². The summed E-state index contributed by atoms with van der Waals surface area (Å²) in [6.07, 6.45) is 1.01. The second-order valence-corrected chi connectivity index (χ2v) is 4.79. The largest absolute Gasteiger partial charge is 0.327 e. The number of aryl methyl sites for hydroxylation is 2. The molecule has 0 saturated heterocycles. The van der Waals surface area contributed by atoms with Crippen molar-refractivity contribution in [3.63, 3.8) is 0 Å². The zero-order chi connectivity index (χ0) is 10.0. The Labute approximate surface area is 84.2 Å². The Morgan fingerprint density at radius 3 is 2.46 bits per heavy atom. The van der Waals surface area contributed by atoms with Crippen LogP contribution in [-0.2, 0) is 0 Å². The van der Waals surface area contributed by atoms with Crippen molar-refractivity contribution < 1.29 is 0 Å². The number of aromatic nitrogens is 1. The van der Waals surface area contributed by atoms with Gasteiger partial charge >= 0.3 is 0 Å². The smallest absolute Gasteiger partial charge is 0.0974 e. The van der Waals surface area contributed by atoms with Crippen molar-refractivity contribution in [3.05, 3.63) is 15.6 Å². The first-order valence-electron chi connectivity index (χ1n) is 4.75. The van der Waals surface area contributed by atoms with Crippen LogP contribution in [0.15, 0.2) is 0 Å². The molecule has 2 atom stereocenters. The second kappa shape index (κ2) is 4.20. The third kappa shape index (κ3) is 2.29. The zero-order valence-corrected chi connectivity index (χ0v) is 9.61. The number of thiazole rings is 1. The van der Waals surface area contributed by atoms with Crippen LogP contribution < -0.4 is 5.73 Å². The van der Waals surface area contributed by atoms with Gasteiger partial charge < -0.3 is 5.73 Å². The van der Waals surface area contributed by atoms with Crippen LogP contribution >= 0.6 is 11.3 Å². The lowest BCUT2D eigenvalue weighted by Gasteiger charge is -2.15. The summed E-state index contributed by atoms with van der Waals surface area (Å²) >= 11 is 1.78. The first-order valence-corrected chi connectivity index (χ1v) is 5.57. The van der Waals surface area contributed by atoms with E-state index in [9.17, 15) is 0 Å². The summed E-state index contributed by atoms with van der Waals surface area (Å²) in [6.45, 7) is 8.45. The van der Waals surface area contributed by atoms with E-state index in [-0.39, 0.29) is 6.04 Å². The third-order valence-electron chi connectivity index (χ3n) is 2.55. The normalized spacial score (nSPS) is 15.8. The molecule has 0 bridgehead atoms. The SMILES string of the molecule is CCC(N)C(C)c1nc(C)c(C)s1. The summed E-state index contributed by atoms with van der Waals surface area (Å²) < 4.78 is 0. The van der Waals surface area contributed by atoms with Gasteiger partial charge in [0, 0.05) is 16.8 Å². The van der Waals surface area contributed by atoms with E-state index in [0.717, 1.165) is 12.1 Å². The van der Waals surface area contributed by atoms with Crippen molar-refractivity contribution in [1.82, 2.24) is 4.98 Å². The zero-order valence-electron chi connectivity index (χ0n) is 8.79. The number of hydrogen-bond acceptors (Lipinski definition) is 3. The van der Waals surface area contributed by atoms with Crippen LogP contribution in [0, 0.1) is 13.8 Å². The van der Waals surface area contributed by atoms with E-state index in [1.807, 2.05) is 0 Å². The molecule has 0 aliphatic rings. The van der Waals surface area contributed by atoms with E-state index >= 15 is 0 Å². The van der Waals surface area contributed by atoms with E-state index in [4.69, 9.17) is 5.73 Å². The Bertz CT molecular complexity index is 261. The Morgan fingerprint density at radius 2 is 2.08 bits per heavy atom. The number of nitrogens with zero attached hydrogens (tertiary/aromatic N) is 1. The van der Waals surface area contributed by atoms with Crippen LogP contribution in [0.5, 0.6) is 0 Å². The van der Waals surface area contributed by atoms with Crippen LogP contribution in [0.25, 0.3) is 0 Å². The van der Waals surface area contributed by atoms with Crippen LogP contribution in [0.1, 0.15) is 41.8 Å². The summed E-state index contributed by atoms with van der Waals surface area (Å²) in [6, 6.07) is 0.241. The van der Waals surface area contributed by atoms with Gasteiger partial charge in [-0.1, -0.05) is 13.8 Å². The molecule has 3 heteroatoms. The monoisotopic (exact) mass is 198 g/mol. The summed E-state index contributed by atoms with van der Waals surface area (Å²) in [5.74, 6) is 0.391. The summed E-state index contributed by atoms with van der Waals surface area (Å²) in [5, 5.41) is 1.18. The van der Waals surface area contributed by atoms with E-state index < -0.39 is 0 Å². The van der Waals surface area contributed by atoms with Gasteiger partial charge in [0.15, 0.2) is 0 Å². The Balaban J connectivity index is 2.82. The highest BCUT2D eigenvalue weighted by Gasteiger charge is 2.17. The summed E-state index contributed by atoms with van der Waals surface area (Å²) in [7, 11) is 0. The maximum absolute atomic E-state index is 5.97. The van der Waals surface area contributed by atoms with Gasteiger partial charge in [0.05, 0.1) is 10.7 Å². The molecule has 1 rings (SSSR count). The lowest BCUT2D eigenvalue weighted by molar-refractivity contribution is 0.548. The minimum atomic E-state index is 0.241. The van der Waals surface area contributed by atoms with Gasteiger partial charge in [-0.15, -0.1) is 11.3 Å². The average Bonchev–Trinajstić information content (AvgIpc) is 2.44. The molecule has 0 spiro atoms. The molecule has 2 N–H and O–H groups in total. The lowest BCUT2D eigenvalue weighted by Crippen LogP contribution is -2.25. The molecular weight excluding hydrogens is 180 g/mol. The standard InChI is InChI=1S/C10H18N2S/c1-5-9(11)6(2)10-12-7(3)8(4)13-10/h6,9H,5,11H2,1-4H3. The van der Waals surface area contributed by atoms with E-state index in [1.165, 1.54) is 9.88 Å². The molecule has 0 aliphatic heterocycles. The maximum Gasteiger partial charge on any atom is 0.0974 e. The molecule has 0 aliphatic carbocycles. The molecule has 0 amide bonds. The van der Waals surface area contributed by atoms with Crippen molar-refractivity contribution >= 4 is 11.3 Å². The molecule has 0 aromatic carbocycles. The van der Waals surface area contributed by atoms with E-state index in [2.05, 4.69) is 32.7 Å². The average molecular weight is 198 g/mol. The van der Waals surface area contributed by atoms with Crippen molar-refractivity contribution in [3.8, 4) is 0 Å². The van der Waals surface area contributed by atoms with Gasteiger partial charge in [-0.2, -0.15) is 0 Å². The van der Waals surface area contributed by atoms with Gasteiger partial charge in [-0.05, 0) is 20.3 Å². The Hall–Kier alpha value is -0.410. The van der Waals surface area contributed by atoms with Gasteiger partial charge in [0.25, 0.3) is 0 Å². The highest BCUT2D eigenvalue weighted by molar-refractivity contribution is 7.11. The fourth-order valence-corrected chi connectivity index (χ4v) is 2.28. The van der Waals surface area contributed by atoms with Gasteiger partial charge in [0.1, 0.15) is 0 Å². The minimum absolute atomic E-state index is 0.241. The quantitative estimate of drug-likeness (QED) is 0.811. The third-order valence-corrected chi connectivity index (χ3v) is 3.82. The highest BCUT2D eigenvalue weighted by atomic mass is 32.1. The topological polar surface area (TPSA) is 38.9 Å². The van der Waals surface area contributed by atoms with Gasteiger partial charge in [-0.3, -0.25) is 0 Å². The van der Waals surface area contributed by atoms with Crippen molar-refractivity contribution in [2.45, 2.75) is 46.1 Å². The fourth-order valence-electron chi connectivity index (χ4n) is 1.23. The maximum atomic E-state index is 5.97. The van der Waals surface area contributed by atoms with Crippen LogP contribution in [0.4, 0.5) is 0 Å². The van der Waals surface area contributed by atoms with Crippen molar-refractivity contribution in [1.29, 1.82) is 0 Å². The molecule has 0 fully saturated rings. The molecule has 2 nitrogen and oxygen atoms in total. The van der Waals surface area contributed by atoms with Crippen molar-refractivity contribution in [2.75, 3.05) is 0 Å². The molecule has 74 valence electrons. The van der Waals surface area contributed by atoms with Crippen molar-refractivity contribution in [2.24, 2.45) is 5.73 Å². The van der Waals surface area contributed by atoms with Crippen LogP contribution in [-0.4, -0.2) is 11.0 Å². The second-order valence-electron chi connectivity index (χ2n) is 3.55. The fraction of sp³-hybridized carbons (Fsp3) is 0.700. The highest BCUT2D eigenvalue weighted by Crippen LogP contribution is 2.26. The molecule has 13 heavy (non-hydrogen) atoms. The first-order chi connectivity index (χ1) is 6.06. The first kappa shape index (κ1) is 10.7. The van der Waals surface area contributed by atoms with E-state index in [1.54, 1.807) is 11.3 Å². The van der Waals surface area contributed by atoms with Gasteiger partial charge in [0.2, 0.25) is 0 Å². The predicted octanol–water partition coefficient (Wildman–Crippen LogP) is 2.60. The molecule has 0 radical (unpaired) electrons. The number of nitrogens with two attached hydrogens (primary N) is 1. The van der Waals surface area contributed by atoms with E-state index in [0.29, 0.717) is 5.92 Å². The minimum Gasteiger partial charge on any atom is -0.327 e. The number of rotatable bonds is 3. The number of hydrogen-bond donors (Lipinski definition) is 1. The lowest BCUT2D eigenvalue weighted by atomic mass is 10.0. The molecule has 0 saturated carbocycles. The predicted molar refractivity (Wildman–Crippen MR) is 58.3 cm³/mol. The Kier molecular flexibility index (Phi) is 3.45. The molecular formula is C10H18N2S.